The van der Waals surface area contributed by atoms with Crippen LogP contribution in [-0.2, 0) is 4.74 Å². The van der Waals surface area contributed by atoms with Gasteiger partial charge in [-0.15, -0.1) is 0 Å². The van der Waals surface area contributed by atoms with E-state index in [2.05, 4.69) is 15.5 Å². The number of H-pyrrole nitrogens is 1. The van der Waals surface area contributed by atoms with Crippen LogP contribution in [0.2, 0.25) is 0 Å². The number of benzene rings is 3. The molecule has 0 aliphatic carbocycles. The molecule has 3 N–H and O–H groups in total. The van der Waals surface area contributed by atoms with Crippen molar-refractivity contribution in [3.05, 3.63) is 108 Å². The molecule has 0 aliphatic rings. The molecule has 0 radical (unpaired) electrons. The topological polar surface area (TPSA) is 119 Å². The number of methoxy groups -OCH3 is 1. The molecule has 1 atom stereocenters. The summed E-state index contributed by atoms with van der Waals surface area (Å²) in [6, 6.07) is 28.5. The number of aromatic amines is 1. The SMILES string of the molecule is CCOC(O)n1ccc(Nc2nc3c(-c4ccccc4)c(-c4ccccc4)[nH]n3c(=O)c2-c2ccc(OC)cc2)n1. The largest absolute Gasteiger partial charge is 0.497 e. The fourth-order valence-electron chi connectivity index (χ4n) is 4.75. The molecule has 3 heterocycles. The van der Waals surface area contributed by atoms with Gasteiger partial charge in [-0.2, -0.15) is 9.61 Å². The fourth-order valence-corrected chi connectivity index (χ4v) is 4.75. The molecule has 3 aromatic carbocycles. The second kappa shape index (κ2) is 11.1. The van der Waals surface area contributed by atoms with E-state index in [9.17, 15) is 9.90 Å². The number of hydrogen-bond donors (Lipinski definition) is 3. The number of aromatic nitrogens is 5. The standard InChI is InChI=1S/C31H28N6O4/c1-3-41-31(39)36-19-18-24(34-36)32-28-26(21-14-16-23(40-2)17-15-21)30(38)37-29(33-28)25(20-10-6-4-7-11-20)27(35-37)22-12-8-5-9-13-22/h4-19,31,35,39H,3H2,1-2H3,(H,32,34). The van der Waals surface area contributed by atoms with E-state index < -0.39 is 6.41 Å². The maximum atomic E-state index is 14.3. The van der Waals surface area contributed by atoms with Gasteiger partial charge >= 0.3 is 0 Å². The lowest BCUT2D eigenvalue weighted by Crippen LogP contribution is -2.20. The molecule has 0 amide bonds. The molecule has 41 heavy (non-hydrogen) atoms. The predicted molar refractivity (Wildman–Crippen MR) is 157 cm³/mol. The molecule has 10 heteroatoms. The number of anilines is 2. The number of nitrogens with one attached hydrogen (secondary N) is 2. The van der Waals surface area contributed by atoms with Gasteiger partial charge in [0.2, 0.25) is 0 Å². The van der Waals surface area contributed by atoms with E-state index in [0.717, 1.165) is 22.4 Å². The highest BCUT2D eigenvalue weighted by atomic mass is 16.6. The molecule has 1 unspecified atom stereocenters. The molecule has 0 saturated heterocycles. The number of aliphatic hydroxyl groups excluding tert-OH is 1. The maximum absolute atomic E-state index is 14.3. The van der Waals surface area contributed by atoms with E-state index in [0.29, 0.717) is 40.8 Å². The first-order valence-corrected chi connectivity index (χ1v) is 13.1. The summed E-state index contributed by atoms with van der Waals surface area (Å²) >= 11 is 0. The van der Waals surface area contributed by atoms with Crippen molar-refractivity contribution in [3.8, 4) is 39.3 Å². The molecule has 0 saturated carbocycles. The molecular formula is C31H28N6O4. The minimum atomic E-state index is -1.24. The predicted octanol–water partition coefficient (Wildman–Crippen LogP) is 5.46. The third kappa shape index (κ3) is 4.97. The summed E-state index contributed by atoms with van der Waals surface area (Å²) in [5.41, 5.74) is 4.52. The van der Waals surface area contributed by atoms with Crippen LogP contribution in [0.1, 0.15) is 13.3 Å². The number of fused-ring (bicyclic) bond motifs is 1. The van der Waals surface area contributed by atoms with E-state index in [1.807, 2.05) is 72.8 Å². The minimum Gasteiger partial charge on any atom is -0.497 e. The molecule has 3 aromatic heterocycles. The molecule has 206 valence electrons. The highest BCUT2D eigenvalue weighted by molar-refractivity contribution is 5.92. The van der Waals surface area contributed by atoms with Gasteiger partial charge in [-0.25, -0.2) is 9.67 Å². The normalized spacial score (nSPS) is 12.0. The van der Waals surface area contributed by atoms with Crippen LogP contribution >= 0.6 is 0 Å². The van der Waals surface area contributed by atoms with Gasteiger partial charge < -0.3 is 19.9 Å². The Morgan fingerprint density at radius 2 is 1.56 bits per heavy atom. The van der Waals surface area contributed by atoms with E-state index in [-0.39, 0.29) is 5.56 Å². The van der Waals surface area contributed by atoms with Crippen LogP contribution in [0.4, 0.5) is 11.6 Å². The molecule has 6 rings (SSSR count). The summed E-state index contributed by atoms with van der Waals surface area (Å²) in [6.07, 6.45) is 0.348. The number of ether oxygens (including phenoxy) is 2. The second-order valence-electron chi connectivity index (χ2n) is 9.21. The zero-order valence-electron chi connectivity index (χ0n) is 22.5. The highest BCUT2D eigenvalue weighted by Gasteiger charge is 2.23. The summed E-state index contributed by atoms with van der Waals surface area (Å²) < 4.78 is 13.3. The smallest absolute Gasteiger partial charge is 0.282 e. The number of hydrogen-bond acceptors (Lipinski definition) is 7. The van der Waals surface area contributed by atoms with Crippen molar-refractivity contribution in [1.29, 1.82) is 0 Å². The Bertz CT molecular complexity index is 1840. The first-order valence-electron chi connectivity index (χ1n) is 13.1. The Morgan fingerprint density at radius 1 is 0.902 bits per heavy atom. The Morgan fingerprint density at radius 3 is 2.22 bits per heavy atom. The van der Waals surface area contributed by atoms with Crippen LogP contribution in [0, 0.1) is 0 Å². The van der Waals surface area contributed by atoms with E-state index >= 15 is 0 Å². The number of nitrogens with zero attached hydrogens (tertiary/aromatic N) is 4. The Kier molecular flexibility index (Phi) is 7.07. The zero-order chi connectivity index (χ0) is 28.3. The van der Waals surface area contributed by atoms with E-state index in [1.165, 1.54) is 9.20 Å². The van der Waals surface area contributed by atoms with Crippen molar-refractivity contribution in [2.45, 2.75) is 13.3 Å². The first-order chi connectivity index (χ1) is 20.1. The Labute approximate surface area is 235 Å². The number of rotatable bonds is 9. The molecule has 0 spiro atoms. The first kappa shape index (κ1) is 26.1. The highest BCUT2D eigenvalue weighted by Crippen LogP contribution is 2.36. The van der Waals surface area contributed by atoms with Gasteiger partial charge in [0.1, 0.15) is 11.6 Å². The van der Waals surface area contributed by atoms with Gasteiger partial charge in [0.05, 0.1) is 23.9 Å². The lowest BCUT2D eigenvalue weighted by atomic mass is 10.0. The van der Waals surface area contributed by atoms with E-state index in [4.69, 9.17) is 14.5 Å². The van der Waals surface area contributed by atoms with Gasteiger partial charge in [0.25, 0.3) is 12.0 Å². The summed E-state index contributed by atoms with van der Waals surface area (Å²) in [5, 5.41) is 21.1. The van der Waals surface area contributed by atoms with Crippen LogP contribution in [0.5, 0.6) is 5.75 Å². The second-order valence-corrected chi connectivity index (χ2v) is 9.21. The van der Waals surface area contributed by atoms with Crippen molar-refractivity contribution in [2.24, 2.45) is 0 Å². The van der Waals surface area contributed by atoms with Crippen molar-refractivity contribution in [3.63, 3.8) is 0 Å². The van der Waals surface area contributed by atoms with E-state index in [1.54, 1.807) is 38.4 Å². The van der Waals surface area contributed by atoms with Crippen LogP contribution < -0.4 is 15.6 Å². The van der Waals surface area contributed by atoms with Crippen LogP contribution in [-0.4, -0.2) is 43.2 Å². The average molecular weight is 549 g/mol. The molecule has 0 fully saturated rings. The van der Waals surface area contributed by atoms with Crippen molar-refractivity contribution in [2.75, 3.05) is 19.0 Å². The molecule has 0 bridgehead atoms. The van der Waals surface area contributed by atoms with Gasteiger partial charge in [0, 0.05) is 24.4 Å². The lowest BCUT2D eigenvalue weighted by Gasteiger charge is -2.12. The van der Waals surface area contributed by atoms with Gasteiger partial charge in [-0.1, -0.05) is 72.8 Å². The molecule has 6 aromatic rings. The third-order valence-corrected chi connectivity index (χ3v) is 6.68. The third-order valence-electron chi connectivity index (χ3n) is 6.68. The number of aliphatic hydroxyl groups is 1. The van der Waals surface area contributed by atoms with Crippen molar-refractivity contribution < 1.29 is 14.6 Å². The minimum absolute atomic E-state index is 0.296. The van der Waals surface area contributed by atoms with Gasteiger partial charge in [0.15, 0.2) is 11.5 Å². The summed E-state index contributed by atoms with van der Waals surface area (Å²) in [5.74, 6) is 1.36. The summed E-state index contributed by atoms with van der Waals surface area (Å²) in [6.45, 7) is 2.10. The van der Waals surface area contributed by atoms with Gasteiger partial charge in [-0.05, 0) is 30.2 Å². The van der Waals surface area contributed by atoms with Crippen molar-refractivity contribution >= 4 is 17.3 Å². The summed E-state index contributed by atoms with van der Waals surface area (Å²) in [4.78, 5) is 19.3. The lowest BCUT2D eigenvalue weighted by molar-refractivity contribution is -0.156. The average Bonchev–Trinajstić information content (AvgIpc) is 3.64. The molecule has 10 nitrogen and oxygen atoms in total. The summed E-state index contributed by atoms with van der Waals surface area (Å²) in [7, 11) is 1.59. The van der Waals surface area contributed by atoms with Crippen LogP contribution in [0.15, 0.2) is 102 Å². The zero-order valence-corrected chi connectivity index (χ0v) is 22.5. The maximum Gasteiger partial charge on any atom is 0.282 e. The Hall–Kier alpha value is -5.19. The molecular weight excluding hydrogens is 520 g/mol. The van der Waals surface area contributed by atoms with Crippen LogP contribution in [0.25, 0.3) is 39.2 Å². The Balaban J connectivity index is 1.60. The monoisotopic (exact) mass is 548 g/mol. The fraction of sp³-hybridized carbons (Fsp3) is 0.129. The van der Waals surface area contributed by atoms with Gasteiger partial charge in [-0.3, -0.25) is 9.89 Å². The van der Waals surface area contributed by atoms with Crippen molar-refractivity contribution in [1.82, 2.24) is 24.4 Å². The quantitative estimate of drug-likeness (QED) is 0.205. The van der Waals surface area contributed by atoms with Crippen LogP contribution in [0.3, 0.4) is 0 Å². The molecule has 0 aliphatic heterocycles.